The molecule has 2 atom stereocenters. The van der Waals surface area contributed by atoms with E-state index in [0.717, 1.165) is 32.1 Å². The van der Waals surface area contributed by atoms with E-state index in [1.165, 1.54) is 0 Å². The molecule has 0 bridgehead atoms. The van der Waals surface area contributed by atoms with Crippen LogP contribution in [0.25, 0.3) is 0 Å². The Labute approximate surface area is 128 Å². The second-order valence-electron chi connectivity index (χ2n) is 5.90. The largest absolute Gasteiger partial charge is 0.367 e. The Hall–Kier alpha value is -0.940. The summed E-state index contributed by atoms with van der Waals surface area (Å²) in [6.07, 6.45) is 4.81. The molecule has 0 aliphatic heterocycles. The molecule has 0 radical (unpaired) electrons. The quantitative estimate of drug-likeness (QED) is 0.712. The summed E-state index contributed by atoms with van der Waals surface area (Å²) in [4.78, 5) is 4.61. The predicted molar refractivity (Wildman–Crippen MR) is 84.1 cm³/mol. The zero-order valence-electron chi connectivity index (χ0n) is 14.2. The van der Waals surface area contributed by atoms with Gasteiger partial charge in [-0.1, -0.05) is 32.3 Å². The Morgan fingerprint density at radius 1 is 1.19 bits per heavy atom. The van der Waals surface area contributed by atoms with E-state index in [9.17, 15) is 0 Å². The van der Waals surface area contributed by atoms with Crippen LogP contribution < -0.4 is 5.73 Å². The number of hydrogen-bond donors (Lipinski definition) is 1. The van der Waals surface area contributed by atoms with Crippen molar-refractivity contribution < 1.29 is 9.26 Å². The average molecular weight is 297 g/mol. The Morgan fingerprint density at radius 3 is 2.38 bits per heavy atom. The topological polar surface area (TPSA) is 74.2 Å². The molecule has 21 heavy (non-hydrogen) atoms. The van der Waals surface area contributed by atoms with Gasteiger partial charge in [0.1, 0.15) is 5.60 Å². The molecule has 1 aromatic heterocycles. The maximum absolute atomic E-state index is 5.92. The Morgan fingerprint density at radius 2 is 1.86 bits per heavy atom. The minimum Gasteiger partial charge on any atom is -0.367 e. The van der Waals surface area contributed by atoms with Crippen molar-refractivity contribution in [2.75, 3.05) is 6.61 Å². The molecule has 0 aliphatic rings. The fourth-order valence-electron chi connectivity index (χ4n) is 2.60. The highest BCUT2D eigenvalue weighted by atomic mass is 16.5. The molecular weight excluding hydrogens is 266 g/mol. The third-order valence-electron chi connectivity index (χ3n) is 4.13. The van der Waals surface area contributed by atoms with Crippen LogP contribution in [-0.4, -0.2) is 22.8 Å². The minimum absolute atomic E-state index is 0.251. The fraction of sp³-hybridized carbons (Fsp3) is 0.875. The first kappa shape index (κ1) is 18.1. The van der Waals surface area contributed by atoms with E-state index in [0.29, 0.717) is 18.3 Å². The van der Waals surface area contributed by atoms with Crippen molar-refractivity contribution in [1.82, 2.24) is 10.1 Å². The summed E-state index contributed by atoms with van der Waals surface area (Å²) in [7, 11) is 0. The lowest BCUT2D eigenvalue weighted by molar-refractivity contribution is -0.0583. The van der Waals surface area contributed by atoms with Crippen molar-refractivity contribution in [3.05, 3.63) is 11.7 Å². The number of rotatable bonds is 10. The van der Waals surface area contributed by atoms with E-state index in [2.05, 4.69) is 30.9 Å². The highest BCUT2D eigenvalue weighted by Crippen LogP contribution is 2.32. The second-order valence-corrected chi connectivity index (χ2v) is 5.90. The smallest absolute Gasteiger partial charge is 0.229 e. The van der Waals surface area contributed by atoms with Gasteiger partial charge in [-0.15, -0.1) is 0 Å². The van der Waals surface area contributed by atoms with Crippen molar-refractivity contribution >= 4 is 0 Å². The van der Waals surface area contributed by atoms with E-state index >= 15 is 0 Å². The maximum atomic E-state index is 5.92. The van der Waals surface area contributed by atoms with E-state index in [1.54, 1.807) is 0 Å². The third kappa shape index (κ3) is 4.78. The Kier molecular flexibility index (Phi) is 7.32. The number of nitrogens with zero attached hydrogens (tertiary/aromatic N) is 2. The van der Waals surface area contributed by atoms with E-state index in [-0.39, 0.29) is 12.0 Å². The van der Waals surface area contributed by atoms with E-state index < -0.39 is 5.60 Å². The van der Waals surface area contributed by atoms with Gasteiger partial charge in [0.2, 0.25) is 11.7 Å². The molecular formula is C16H31N3O2. The number of hydrogen-bond acceptors (Lipinski definition) is 5. The highest BCUT2D eigenvalue weighted by Gasteiger charge is 2.34. The minimum atomic E-state index is -0.415. The summed E-state index contributed by atoms with van der Waals surface area (Å²) in [6.45, 7) is 11.0. The normalized spacial score (nSPS) is 15.1. The van der Waals surface area contributed by atoms with Gasteiger partial charge in [-0.2, -0.15) is 4.98 Å². The SMILES string of the molecule is CCOC(CC)(CC)c1noc(C(C)CCCC(C)N)n1. The standard InChI is InChI=1S/C16H31N3O2/c1-6-16(7-2,20-8-3)15-18-14(21-19-15)12(4)10-9-11-13(5)17/h12-13H,6-11,17H2,1-5H3. The molecule has 0 spiro atoms. The van der Waals surface area contributed by atoms with Gasteiger partial charge in [0.05, 0.1) is 0 Å². The average Bonchev–Trinajstić information content (AvgIpc) is 2.94. The van der Waals surface area contributed by atoms with Crippen molar-refractivity contribution in [1.29, 1.82) is 0 Å². The van der Waals surface area contributed by atoms with Crippen molar-refractivity contribution in [3.8, 4) is 0 Å². The first-order valence-corrected chi connectivity index (χ1v) is 8.22. The van der Waals surface area contributed by atoms with Gasteiger partial charge in [0.15, 0.2) is 0 Å². The molecule has 5 heteroatoms. The van der Waals surface area contributed by atoms with Crippen molar-refractivity contribution in [3.63, 3.8) is 0 Å². The molecule has 0 saturated heterocycles. The fourth-order valence-corrected chi connectivity index (χ4v) is 2.60. The molecule has 1 rings (SSSR count). The summed E-state index contributed by atoms with van der Waals surface area (Å²) < 4.78 is 11.4. The summed E-state index contributed by atoms with van der Waals surface area (Å²) >= 11 is 0. The van der Waals surface area contributed by atoms with Crippen molar-refractivity contribution in [2.45, 2.75) is 84.3 Å². The highest BCUT2D eigenvalue weighted by molar-refractivity contribution is 5.03. The zero-order chi connectivity index (χ0) is 15.9. The van der Waals surface area contributed by atoms with Gasteiger partial charge in [-0.3, -0.25) is 0 Å². The van der Waals surface area contributed by atoms with Crippen LogP contribution in [0.4, 0.5) is 0 Å². The monoisotopic (exact) mass is 297 g/mol. The van der Waals surface area contributed by atoms with Crippen LogP contribution in [0, 0.1) is 0 Å². The predicted octanol–water partition coefficient (Wildman–Crippen LogP) is 3.74. The molecule has 0 saturated carbocycles. The molecule has 1 aromatic rings. The van der Waals surface area contributed by atoms with Gasteiger partial charge >= 0.3 is 0 Å². The zero-order valence-corrected chi connectivity index (χ0v) is 14.2. The van der Waals surface area contributed by atoms with Crippen LogP contribution in [-0.2, 0) is 10.3 Å². The molecule has 0 aliphatic carbocycles. The van der Waals surface area contributed by atoms with Gasteiger partial charge in [0.25, 0.3) is 0 Å². The first-order chi connectivity index (χ1) is 9.99. The summed E-state index contributed by atoms with van der Waals surface area (Å²) in [5, 5.41) is 4.18. The maximum Gasteiger partial charge on any atom is 0.229 e. The van der Waals surface area contributed by atoms with E-state index in [1.807, 2.05) is 13.8 Å². The molecule has 2 unspecified atom stereocenters. The van der Waals surface area contributed by atoms with Gasteiger partial charge in [-0.05, 0) is 39.5 Å². The molecule has 2 N–H and O–H groups in total. The lowest BCUT2D eigenvalue weighted by Gasteiger charge is -2.27. The molecule has 0 amide bonds. The lowest BCUT2D eigenvalue weighted by Crippen LogP contribution is -2.29. The first-order valence-electron chi connectivity index (χ1n) is 8.22. The van der Waals surface area contributed by atoms with Gasteiger partial charge in [0, 0.05) is 18.6 Å². The van der Waals surface area contributed by atoms with Crippen LogP contribution in [0.3, 0.4) is 0 Å². The summed E-state index contributed by atoms with van der Waals surface area (Å²) in [6, 6.07) is 0.251. The summed E-state index contributed by atoms with van der Waals surface area (Å²) in [5.41, 5.74) is 5.37. The molecule has 0 fully saturated rings. The van der Waals surface area contributed by atoms with Crippen LogP contribution in [0.1, 0.15) is 84.4 Å². The number of aromatic nitrogens is 2. The van der Waals surface area contributed by atoms with Crippen molar-refractivity contribution in [2.24, 2.45) is 5.73 Å². The molecule has 1 heterocycles. The lowest BCUT2D eigenvalue weighted by atomic mass is 9.96. The second kappa shape index (κ2) is 8.49. The van der Waals surface area contributed by atoms with Gasteiger partial charge in [-0.25, -0.2) is 0 Å². The summed E-state index contributed by atoms with van der Waals surface area (Å²) in [5.74, 6) is 1.65. The molecule has 122 valence electrons. The molecule has 0 aromatic carbocycles. The molecule has 5 nitrogen and oxygen atoms in total. The van der Waals surface area contributed by atoms with Crippen LogP contribution in [0.2, 0.25) is 0 Å². The van der Waals surface area contributed by atoms with Crippen LogP contribution in [0.5, 0.6) is 0 Å². The Bertz CT molecular complexity index is 400. The Balaban J connectivity index is 2.74. The number of nitrogens with two attached hydrogens (primary N) is 1. The van der Waals surface area contributed by atoms with E-state index in [4.69, 9.17) is 15.0 Å². The van der Waals surface area contributed by atoms with Gasteiger partial charge < -0.3 is 15.0 Å². The van der Waals surface area contributed by atoms with Crippen LogP contribution >= 0.6 is 0 Å². The number of ether oxygens (including phenoxy) is 1. The third-order valence-corrected chi connectivity index (χ3v) is 4.13. The van der Waals surface area contributed by atoms with Crippen LogP contribution in [0.15, 0.2) is 4.52 Å².